The first-order valence-corrected chi connectivity index (χ1v) is 6.44. The summed E-state index contributed by atoms with van der Waals surface area (Å²) in [7, 11) is 1.59. The van der Waals surface area contributed by atoms with Crippen LogP contribution >= 0.6 is 0 Å². The molecular formula is C16H14FN3O. The van der Waals surface area contributed by atoms with Crippen LogP contribution in [0.15, 0.2) is 54.7 Å². The van der Waals surface area contributed by atoms with Gasteiger partial charge in [0.1, 0.15) is 22.9 Å². The van der Waals surface area contributed by atoms with E-state index in [2.05, 4.69) is 5.10 Å². The van der Waals surface area contributed by atoms with E-state index in [1.807, 2.05) is 24.3 Å². The minimum Gasteiger partial charge on any atom is -0.494 e. The van der Waals surface area contributed by atoms with Crippen LogP contribution in [0.4, 0.5) is 10.1 Å². The van der Waals surface area contributed by atoms with Gasteiger partial charge in [-0.2, -0.15) is 5.10 Å². The quantitative estimate of drug-likeness (QED) is 0.802. The van der Waals surface area contributed by atoms with Crippen molar-refractivity contribution in [2.75, 3.05) is 12.8 Å². The molecule has 0 amide bonds. The van der Waals surface area contributed by atoms with Gasteiger partial charge in [0.15, 0.2) is 0 Å². The summed E-state index contributed by atoms with van der Waals surface area (Å²) in [6.45, 7) is 0. The monoisotopic (exact) mass is 283 g/mol. The molecule has 4 nitrogen and oxygen atoms in total. The first-order valence-electron chi connectivity index (χ1n) is 6.44. The summed E-state index contributed by atoms with van der Waals surface area (Å²) in [5, 5.41) is 4.39. The Bertz CT molecular complexity index is 783. The van der Waals surface area contributed by atoms with Gasteiger partial charge in [-0.05, 0) is 24.3 Å². The molecule has 2 N–H and O–H groups in total. The van der Waals surface area contributed by atoms with Crippen molar-refractivity contribution in [3.8, 4) is 22.7 Å². The minimum absolute atomic E-state index is 0.352. The van der Waals surface area contributed by atoms with Gasteiger partial charge >= 0.3 is 0 Å². The average molecular weight is 283 g/mol. The number of methoxy groups -OCH3 is 1. The third-order valence-electron chi connectivity index (χ3n) is 3.20. The van der Waals surface area contributed by atoms with Gasteiger partial charge in [0, 0.05) is 5.56 Å². The van der Waals surface area contributed by atoms with Crippen LogP contribution in [-0.2, 0) is 0 Å². The first-order chi connectivity index (χ1) is 10.2. The van der Waals surface area contributed by atoms with Crippen molar-refractivity contribution in [1.82, 2.24) is 9.78 Å². The maximum Gasteiger partial charge on any atom is 0.144 e. The highest BCUT2D eigenvalue weighted by Crippen LogP contribution is 2.29. The fourth-order valence-corrected chi connectivity index (χ4v) is 2.19. The summed E-state index contributed by atoms with van der Waals surface area (Å²) in [6, 6.07) is 13.8. The highest BCUT2D eigenvalue weighted by Gasteiger charge is 2.14. The number of para-hydroxylation sites is 2. The Hall–Kier alpha value is -2.82. The lowest BCUT2D eigenvalue weighted by Crippen LogP contribution is -1.98. The first kappa shape index (κ1) is 13.2. The van der Waals surface area contributed by atoms with Crippen LogP contribution in [0.2, 0.25) is 0 Å². The number of nitrogens with two attached hydrogens (primary N) is 1. The molecule has 0 aliphatic rings. The Labute approximate surface area is 121 Å². The van der Waals surface area contributed by atoms with Gasteiger partial charge in [0.25, 0.3) is 0 Å². The number of hydrogen-bond donors (Lipinski definition) is 1. The molecule has 3 aromatic rings. The number of halogens is 1. The molecule has 0 saturated heterocycles. The molecule has 5 heteroatoms. The predicted octanol–water partition coefficient (Wildman–Crippen LogP) is 3.27. The van der Waals surface area contributed by atoms with E-state index >= 15 is 0 Å². The molecule has 0 saturated carbocycles. The zero-order valence-corrected chi connectivity index (χ0v) is 11.5. The Kier molecular flexibility index (Phi) is 3.31. The number of benzene rings is 2. The van der Waals surface area contributed by atoms with Crippen LogP contribution in [0.3, 0.4) is 0 Å². The van der Waals surface area contributed by atoms with Crippen molar-refractivity contribution in [3.63, 3.8) is 0 Å². The highest BCUT2D eigenvalue weighted by molar-refractivity contribution is 5.73. The normalized spacial score (nSPS) is 10.6. The molecule has 1 heterocycles. The molecule has 0 aliphatic heterocycles. The van der Waals surface area contributed by atoms with Crippen molar-refractivity contribution in [1.29, 1.82) is 0 Å². The number of nitrogens with zero attached hydrogens (tertiary/aromatic N) is 2. The lowest BCUT2D eigenvalue weighted by atomic mass is 10.1. The van der Waals surface area contributed by atoms with E-state index in [1.165, 1.54) is 6.07 Å². The van der Waals surface area contributed by atoms with Gasteiger partial charge in [-0.25, -0.2) is 9.07 Å². The smallest absolute Gasteiger partial charge is 0.144 e. The summed E-state index contributed by atoms with van der Waals surface area (Å²) in [5.41, 5.74) is 7.93. The van der Waals surface area contributed by atoms with Crippen molar-refractivity contribution < 1.29 is 9.13 Å². The summed E-state index contributed by atoms with van der Waals surface area (Å²) in [4.78, 5) is 0. The predicted molar refractivity (Wildman–Crippen MR) is 79.9 cm³/mol. The third-order valence-corrected chi connectivity index (χ3v) is 3.20. The van der Waals surface area contributed by atoms with Crippen LogP contribution < -0.4 is 10.5 Å². The van der Waals surface area contributed by atoms with E-state index in [-0.39, 0.29) is 5.82 Å². The van der Waals surface area contributed by atoms with Crippen molar-refractivity contribution in [3.05, 3.63) is 60.5 Å². The minimum atomic E-state index is -0.352. The molecule has 2 aromatic carbocycles. The number of aromatic nitrogens is 2. The van der Waals surface area contributed by atoms with E-state index in [0.29, 0.717) is 22.7 Å². The van der Waals surface area contributed by atoms with Gasteiger partial charge in [0.05, 0.1) is 19.0 Å². The van der Waals surface area contributed by atoms with Crippen LogP contribution in [-0.4, -0.2) is 16.9 Å². The highest BCUT2D eigenvalue weighted by atomic mass is 19.1. The molecule has 0 bridgehead atoms. The maximum atomic E-state index is 13.9. The van der Waals surface area contributed by atoms with Crippen LogP contribution in [0.1, 0.15) is 0 Å². The number of hydrogen-bond acceptors (Lipinski definition) is 3. The van der Waals surface area contributed by atoms with Gasteiger partial charge in [-0.1, -0.05) is 24.3 Å². The molecule has 1 aromatic heterocycles. The Morgan fingerprint density at radius 1 is 1.10 bits per heavy atom. The number of ether oxygens (including phenoxy) is 1. The van der Waals surface area contributed by atoms with Gasteiger partial charge in [-0.15, -0.1) is 0 Å². The summed E-state index contributed by atoms with van der Waals surface area (Å²) in [6.07, 6.45) is 1.65. The summed E-state index contributed by atoms with van der Waals surface area (Å²) < 4.78 is 20.8. The molecular weight excluding hydrogens is 269 g/mol. The lowest BCUT2D eigenvalue weighted by Gasteiger charge is -2.07. The third kappa shape index (κ3) is 2.33. The van der Waals surface area contributed by atoms with E-state index < -0.39 is 0 Å². The molecule has 0 radical (unpaired) electrons. The molecule has 0 fully saturated rings. The molecule has 106 valence electrons. The van der Waals surface area contributed by atoms with E-state index in [9.17, 15) is 4.39 Å². The SMILES string of the molecule is COc1ccccc1-n1cc(N)c(-c2ccccc2F)n1. The molecule has 0 unspecified atom stereocenters. The zero-order valence-electron chi connectivity index (χ0n) is 11.5. The zero-order chi connectivity index (χ0) is 14.8. The lowest BCUT2D eigenvalue weighted by molar-refractivity contribution is 0.412. The van der Waals surface area contributed by atoms with Gasteiger partial charge in [0.2, 0.25) is 0 Å². The summed E-state index contributed by atoms with van der Waals surface area (Å²) >= 11 is 0. The Morgan fingerprint density at radius 3 is 2.57 bits per heavy atom. The Balaban J connectivity index is 2.12. The fourth-order valence-electron chi connectivity index (χ4n) is 2.19. The topological polar surface area (TPSA) is 53.1 Å². The number of rotatable bonds is 3. The number of anilines is 1. The van der Waals surface area contributed by atoms with Gasteiger partial charge in [-0.3, -0.25) is 0 Å². The molecule has 21 heavy (non-hydrogen) atoms. The second-order valence-corrected chi connectivity index (χ2v) is 4.53. The van der Waals surface area contributed by atoms with Crippen molar-refractivity contribution >= 4 is 5.69 Å². The van der Waals surface area contributed by atoms with E-state index in [0.717, 1.165) is 5.69 Å². The second-order valence-electron chi connectivity index (χ2n) is 4.53. The van der Waals surface area contributed by atoms with Crippen LogP contribution in [0.5, 0.6) is 5.75 Å². The molecule has 3 rings (SSSR count). The van der Waals surface area contributed by atoms with Crippen molar-refractivity contribution in [2.24, 2.45) is 0 Å². The average Bonchev–Trinajstić information content (AvgIpc) is 2.89. The largest absolute Gasteiger partial charge is 0.494 e. The Morgan fingerprint density at radius 2 is 1.81 bits per heavy atom. The molecule has 0 spiro atoms. The standard InChI is InChI=1S/C16H14FN3O/c1-21-15-9-5-4-8-14(15)20-10-13(18)16(19-20)11-6-2-3-7-12(11)17/h2-10H,18H2,1H3. The molecule has 0 atom stereocenters. The maximum absolute atomic E-state index is 13.9. The number of nitrogen functional groups attached to an aromatic ring is 1. The van der Waals surface area contributed by atoms with Crippen LogP contribution in [0, 0.1) is 5.82 Å². The van der Waals surface area contributed by atoms with Gasteiger partial charge < -0.3 is 10.5 Å². The van der Waals surface area contributed by atoms with Crippen LogP contribution in [0.25, 0.3) is 16.9 Å². The van der Waals surface area contributed by atoms with E-state index in [1.54, 1.807) is 36.2 Å². The second kappa shape index (κ2) is 5.28. The summed E-state index contributed by atoms with van der Waals surface area (Å²) in [5.74, 6) is 0.314. The molecule has 0 aliphatic carbocycles. The van der Waals surface area contributed by atoms with E-state index in [4.69, 9.17) is 10.5 Å². The van der Waals surface area contributed by atoms with Crippen molar-refractivity contribution in [2.45, 2.75) is 0 Å². The fraction of sp³-hybridized carbons (Fsp3) is 0.0625.